The van der Waals surface area contributed by atoms with Gasteiger partial charge in [0, 0.05) is 0 Å². The largest absolute Gasteiger partial charge is 0.376 e. The number of sulfone groups is 1. The maximum Gasteiger partial charge on any atom is 0.206 e. The SMILES string of the molecule is C(OCC1CO1)C1CO1.O=S(=O)(c1ccccc1)c1ccccc1. The van der Waals surface area contributed by atoms with Gasteiger partial charge in [-0.1, -0.05) is 36.4 Å². The highest BCUT2D eigenvalue weighted by atomic mass is 32.2. The van der Waals surface area contributed by atoms with E-state index in [-0.39, 0.29) is 0 Å². The van der Waals surface area contributed by atoms with Crippen molar-refractivity contribution in [2.75, 3.05) is 26.4 Å². The maximum absolute atomic E-state index is 12.0. The van der Waals surface area contributed by atoms with Gasteiger partial charge in [-0.05, 0) is 24.3 Å². The van der Waals surface area contributed by atoms with Crippen molar-refractivity contribution in [2.45, 2.75) is 22.0 Å². The van der Waals surface area contributed by atoms with E-state index < -0.39 is 9.84 Å². The number of hydrogen-bond donors (Lipinski definition) is 0. The zero-order valence-electron chi connectivity index (χ0n) is 13.2. The molecule has 0 amide bonds. The molecular weight excluding hydrogens is 328 g/mol. The van der Waals surface area contributed by atoms with Crippen LogP contribution in [0.15, 0.2) is 70.5 Å². The van der Waals surface area contributed by atoms with Crippen LogP contribution in [0.5, 0.6) is 0 Å². The van der Waals surface area contributed by atoms with E-state index in [0.717, 1.165) is 26.4 Å². The molecule has 2 saturated heterocycles. The molecule has 128 valence electrons. The number of ether oxygens (including phenoxy) is 3. The lowest BCUT2D eigenvalue weighted by molar-refractivity contribution is 0.102. The quantitative estimate of drug-likeness (QED) is 0.750. The van der Waals surface area contributed by atoms with E-state index in [4.69, 9.17) is 14.2 Å². The molecule has 2 heterocycles. The maximum atomic E-state index is 12.0. The molecule has 4 rings (SSSR count). The van der Waals surface area contributed by atoms with Crippen LogP contribution in [0.1, 0.15) is 0 Å². The highest BCUT2D eigenvalue weighted by Gasteiger charge is 2.26. The minimum atomic E-state index is -3.34. The van der Waals surface area contributed by atoms with Crippen molar-refractivity contribution in [3.8, 4) is 0 Å². The van der Waals surface area contributed by atoms with Crippen LogP contribution in [0.4, 0.5) is 0 Å². The van der Waals surface area contributed by atoms with Crippen LogP contribution >= 0.6 is 0 Å². The smallest absolute Gasteiger partial charge is 0.206 e. The van der Waals surface area contributed by atoms with E-state index >= 15 is 0 Å². The minimum Gasteiger partial charge on any atom is -0.376 e. The van der Waals surface area contributed by atoms with Crippen LogP contribution in [0, 0.1) is 0 Å². The van der Waals surface area contributed by atoms with Gasteiger partial charge in [0.2, 0.25) is 9.84 Å². The molecule has 2 fully saturated rings. The number of hydrogen-bond acceptors (Lipinski definition) is 5. The number of epoxide rings is 2. The summed E-state index contributed by atoms with van der Waals surface area (Å²) in [4.78, 5) is 0.660. The predicted molar refractivity (Wildman–Crippen MR) is 88.6 cm³/mol. The lowest BCUT2D eigenvalue weighted by Crippen LogP contribution is -2.06. The summed E-state index contributed by atoms with van der Waals surface area (Å²) in [6.07, 6.45) is 0.785. The van der Waals surface area contributed by atoms with Crippen molar-refractivity contribution in [3.63, 3.8) is 0 Å². The van der Waals surface area contributed by atoms with Gasteiger partial charge in [-0.3, -0.25) is 0 Å². The first-order valence-corrected chi connectivity index (χ1v) is 9.31. The summed E-state index contributed by atoms with van der Waals surface area (Å²) in [5.41, 5.74) is 0. The molecule has 2 aromatic carbocycles. The Bertz CT molecular complexity index is 665. The van der Waals surface area contributed by atoms with Gasteiger partial charge in [-0.25, -0.2) is 8.42 Å². The predicted octanol–water partition coefficient (Wildman–Crippen LogP) is 2.32. The van der Waals surface area contributed by atoms with E-state index in [1.807, 2.05) is 0 Å². The second-order valence-electron chi connectivity index (χ2n) is 5.58. The summed E-state index contributed by atoms with van der Waals surface area (Å²) in [6, 6.07) is 16.9. The van der Waals surface area contributed by atoms with Gasteiger partial charge in [-0.2, -0.15) is 0 Å². The third-order valence-corrected chi connectivity index (χ3v) is 5.30. The van der Waals surface area contributed by atoms with Crippen molar-refractivity contribution >= 4 is 9.84 Å². The molecule has 2 atom stereocenters. The fourth-order valence-electron chi connectivity index (χ4n) is 1.99. The van der Waals surface area contributed by atoms with Gasteiger partial charge in [0.15, 0.2) is 0 Å². The van der Waals surface area contributed by atoms with Crippen LogP contribution in [0.25, 0.3) is 0 Å². The Hall–Kier alpha value is -1.73. The molecule has 0 bridgehead atoms. The molecule has 0 N–H and O–H groups in total. The van der Waals surface area contributed by atoms with Gasteiger partial charge in [-0.15, -0.1) is 0 Å². The van der Waals surface area contributed by atoms with Crippen molar-refractivity contribution in [3.05, 3.63) is 60.7 Å². The Morgan fingerprint density at radius 1 is 0.792 bits per heavy atom. The molecule has 24 heavy (non-hydrogen) atoms. The molecule has 6 heteroatoms. The normalized spacial score (nSPS) is 21.5. The molecule has 2 aliphatic heterocycles. The standard InChI is InChI=1S/C12H10O2S.C6H10O3/c13-15(14,11-7-3-1-4-8-11)12-9-5-2-6-10-12;1(5-3-8-5)7-2-6-4-9-6/h1-10H;5-6H,1-4H2. The fourth-order valence-corrected chi connectivity index (χ4v) is 3.30. The summed E-state index contributed by atoms with van der Waals surface area (Å²) in [7, 11) is -3.34. The topological polar surface area (TPSA) is 68.4 Å². The van der Waals surface area contributed by atoms with Crippen molar-refractivity contribution in [1.29, 1.82) is 0 Å². The summed E-state index contributed by atoms with van der Waals surface area (Å²) in [5, 5.41) is 0. The van der Waals surface area contributed by atoms with Gasteiger partial charge in [0.25, 0.3) is 0 Å². The van der Waals surface area contributed by atoms with Crippen LogP contribution in [0.3, 0.4) is 0 Å². The highest BCUT2D eigenvalue weighted by molar-refractivity contribution is 7.91. The van der Waals surface area contributed by atoms with Crippen molar-refractivity contribution < 1.29 is 22.6 Å². The number of benzene rings is 2. The van der Waals surface area contributed by atoms with Crippen LogP contribution in [-0.2, 0) is 24.0 Å². The van der Waals surface area contributed by atoms with Gasteiger partial charge in [0.05, 0.1) is 36.2 Å². The van der Waals surface area contributed by atoms with Gasteiger partial charge in [0.1, 0.15) is 12.2 Å². The average Bonchev–Trinajstić information content (AvgIpc) is 3.53. The summed E-state index contributed by atoms with van der Waals surface area (Å²) in [6.45, 7) is 3.26. The van der Waals surface area contributed by atoms with Crippen LogP contribution in [-0.4, -0.2) is 47.1 Å². The second kappa shape index (κ2) is 7.90. The van der Waals surface area contributed by atoms with Crippen molar-refractivity contribution in [1.82, 2.24) is 0 Å². The van der Waals surface area contributed by atoms with Crippen LogP contribution < -0.4 is 0 Å². The van der Waals surface area contributed by atoms with Gasteiger partial charge >= 0.3 is 0 Å². The molecule has 2 unspecified atom stereocenters. The number of rotatable bonds is 6. The Kier molecular flexibility index (Phi) is 5.63. The van der Waals surface area contributed by atoms with Crippen LogP contribution in [0.2, 0.25) is 0 Å². The molecule has 0 saturated carbocycles. The molecule has 5 nitrogen and oxygen atoms in total. The minimum absolute atomic E-state index is 0.330. The summed E-state index contributed by atoms with van der Waals surface area (Å²) in [5.74, 6) is 0. The first-order valence-electron chi connectivity index (χ1n) is 7.82. The molecule has 0 aromatic heterocycles. The molecular formula is C18H20O5S. The molecule has 0 radical (unpaired) electrons. The second-order valence-corrected chi connectivity index (χ2v) is 7.53. The van der Waals surface area contributed by atoms with E-state index in [2.05, 4.69) is 0 Å². The molecule has 0 spiro atoms. The zero-order valence-corrected chi connectivity index (χ0v) is 14.0. The lowest BCUT2D eigenvalue weighted by Gasteiger charge is -2.03. The fraction of sp³-hybridized carbons (Fsp3) is 0.333. The third-order valence-electron chi connectivity index (χ3n) is 3.52. The lowest BCUT2D eigenvalue weighted by atomic mass is 10.4. The monoisotopic (exact) mass is 348 g/mol. The molecule has 2 aromatic rings. The van der Waals surface area contributed by atoms with E-state index in [1.165, 1.54) is 0 Å². The molecule has 0 aliphatic carbocycles. The Labute approximate surface area is 142 Å². The Morgan fingerprint density at radius 2 is 1.17 bits per heavy atom. The Balaban J connectivity index is 0.000000159. The third kappa shape index (κ3) is 5.14. The van der Waals surface area contributed by atoms with Gasteiger partial charge < -0.3 is 14.2 Å². The highest BCUT2D eigenvalue weighted by Crippen LogP contribution is 2.19. The summed E-state index contributed by atoms with van der Waals surface area (Å²) >= 11 is 0. The first-order chi connectivity index (χ1) is 11.7. The zero-order chi connectivity index (χ0) is 16.8. The van der Waals surface area contributed by atoms with E-state index in [9.17, 15) is 8.42 Å². The average molecular weight is 348 g/mol. The van der Waals surface area contributed by atoms with E-state index in [1.54, 1.807) is 60.7 Å². The molecule has 2 aliphatic rings. The summed E-state index contributed by atoms with van der Waals surface area (Å²) < 4.78 is 39.2. The van der Waals surface area contributed by atoms with E-state index in [0.29, 0.717) is 22.0 Å². The first kappa shape index (κ1) is 17.1. The Morgan fingerprint density at radius 3 is 1.50 bits per heavy atom. The van der Waals surface area contributed by atoms with Crippen molar-refractivity contribution in [2.24, 2.45) is 0 Å².